The molecule has 0 spiro atoms. The minimum atomic E-state index is -0.548. The molecule has 0 radical (unpaired) electrons. The summed E-state index contributed by atoms with van der Waals surface area (Å²) in [5.74, 6) is 0.176. The van der Waals surface area contributed by atoms with Crippen LogP contribution in [0.25, 0.3) is 11.0 Å². The van der Waals surface area contributed by atoms with E-state index in [-0.39, 0.29) is 11.9 Å². The topological polar surface area (TPSA) is 71.8 Å². The average Bonchev–Trinajstić information content (AvgIpc) is 3.04. The van der Waals surface area contributed by atoms with Gasteiger partial charge in [-0.1, -0.05) is 12.1 Å². The van der Waals surface area contributed by atoms with E-state index < -0.39 is 11.7 Å². The van der Waals surface area contributed by atoms with E-state index in [1.807, 2.05) is 39.0 Å². The maximum Gasteiger partial charge on any atom is 0.407 e. The number of nitrogens with zero attached hydrogens (tertiary/aromatic N) is 1. The summed E-state index contributed by atoms with van der Waals surface area (Å²) in [4.78, 5) is 26.8. The second-order valence-electron chi connectivity index (χ2n) is 7.80. The fourth-order valence-electron chi connectivity index (χ4n) is 3.27. The second kappa shape index (κ2) is 7.92. The van der Waals surface area contributed by atoms with Crippen LogP contribution in [0.1, 0.15) is 50.6 Å². The molecule has 1 fully saturated rings. The summed E-state index contributed by atoms with van der Waals surface area (Å²) >= 11 is 3.45. The summed E-state index contributed by atoms with van der Waals surface area (Å²) in [6.07, 6.45) is 2.34. The number of carbonyl (C=O) groups excluding carboxylic acids is 2. The van der Waals surface area contributed by atoms with Crippen LogP contribution in [0, 0.1) is 0 Å². The normalized spacial score (nSPS) is 17.8. The van der Waals surface area contributed by atoms with Gasteiger partial charge in [-0.2, -0.15) is 0 Å². The van der Waals surface area contributed by atoms with Gasteiger partial charge in [-0.15, -0.1) is 0 Å². The highest BCUT2D eigenvalue weighted by atomic mass is 79.9. The van der Waals surface area contributed by atoms with Gasteiger partial charge in [-0.25, -0.2) is 4.79 Å². The first-order valence-electron chi connectivity index (χ1n) is 9.20. The van der Waals surface area contributed by atoms with Crippen molar-refractivity contribution in [2.24, 2.45) is 0 Å². The molecule has 0 bridgehead atoms. The molecule has 7 heteroatoms. The fourth-order valence-corrected chi connectivity index (χ4v) is 3.73. The minimum Gasteiger partial charge on any atom is -0.450 e. The molecule has 6 nitrogen and oxygen atoms in total. The van der Waals surface area contributed by atoms with E-state index in [1.54, 1.807) is 11.0 Å². The average molecular weight is 437 g/mol. The van der Waals surface area contributed by atoms with Gasteiger partial charge >= 0.3 is 6.09 Å². The van der Waals surface area contributed by atoms with Crippen molar-refractivity contribution in [3.05, 3.63) is 34.5 Å². The highest BCUT2D eigenvalue weighted by molar-refractivity contribution is 9.10. The number of hydrogen-bond acceptors (Lipinski definition) is 4. The number of benzene rings is 1. The maximum atomic E-state index is 13.0. The Hall–Kier alpha value is -2.02. The largest absolute Gasteiger partial charge is 0.450 e. The molecule has 1 aromatic heterocycles. The van der Waals surface area contributed by atoms with Crippen molar-refractivity contribution >= 4 is 38.9 Å². The van der Waals surface area contributed by atoms with Crippen LogP contribution in [0.15, 0.2) is 33.2 Å². The predicted molar refractivity (Wildman–Crippen MR) is 107 cm³/mol. The molecule has 2 aromatic rings. The number of carbonyl (C=O) groups is 2. The van der Waals surface area contributed by atoms with E-state index in [1.165, 1.54) is 0 Å². The second-order valence-corrected chi connectivity index (χ2v) is 8.65. The lowest BCUT2D eigenvalue weighted by Crippen LogP contribution is -2.49. The quantitative estimate of drug-likeness (QED) is 0.755. The van der Waals surface area contributed by atoms with Crippen LogP contribution in [-0.4, -0.2) is 41.6 Å². The third-order valence-corrected chi connectivity index (χ3v) is 5.10. The molecule has 1 atom stereocenters. The van der Waals surface area contributed by atoms with Crippen LogP contribution in [0.3, 0.4) is 0 Å². The Labute approximate surface area is 167 Å². The van der Waals surface area contributed by atoms with Crippen molar-refractivity contribution in [2.45, 2.75) is 51.7 Å². The Morgan fingerprint density at radius 3 is 2.81 bits per heavy atom. The predicted octanol–water partition coefficient (Wildman–Crippen LogP) is 4.71. The summed E-state index contributed by atoms with van der Waals surface area (Å²) in [5, 5.41) is 3.67. The summed E-state index contributed by atoms with van der Waals surface area (Å²) in [6, 6.07) is 7.41. The molecule has 27 heavy (non-hydrogen) atoms. The number of ether oxygens (including phenoxy) is 1. The van der Waals surface area contributed by atoms with E-state index in [0.29, 0.717) is 24.4 Å². The molecule has 1 N–H and O–H groups in total. The van der Waals surface area contributed by atoms with Gasteiger partial charge in [0.25, 0.3) is 5.91 Å². The highest BCUT2D eigenvalue weighted by Gasteiger charge is 2.30. The van der Waals surface area contributed by atoms with Gasteiger partial charge in [0.2, 0.25) is 0 Å². The lowest BCUT2D eigenvalue weighted by molar-refractivity contribution is 0.0454. The van der Waals surface area contributed by atoms with E-state index >= 15 is 0 Å². The number of piperidine rings is 1. The van der Waals surface area contributed by atoms with Crippen molar-refractivity contribution in [3.63, 3.8) is 0 Å². The number of nitrogens with one attached hydrogen (secondary N) is 1. The van der Waals surface area contributed by atoms with E-state index in [2.05, 4.69) is 21.2 Å². The minimum absolute atomic E-state index is 0.0737. The molecule has 3 rings (SSSR count). The van der Waals surface area contributed by atoms with Gasteiger partial charge in [0.1, 0.15) is 11.2 Å². The standard InChI is InChI=1S/C20H25BrN2O4/c1-20(2,3)27-19(25)22-12-14-8-4-5-10-23(14)18(24)16-11-13-7-6-9-15(21)17(13)26-16/h6-7,9,11,14H,4-5,8,10,12H2,1-3H3,(H,22,25). The number of halogens is 1. The zero-order valence-electron chi connectivity index (χ0n) is 15.9. The van der Waals surface area contributed by atoms with Gasteiger partial charge in [-0.3, -0.25) is 4.79 Å². The van der Waals surface area contributed by atoms with Gasteiger partial charge in [0.05, 0.1) is 4.47 Å². The highest BCUT2D eigenvalue weighted by Crippen LogP contribution is 2.29. The molecule has 2 amide bonds. The molecule has 1 unspecified atom stereocenters. The summed E-state index contributed by atoms with van der Waals surface area (Å²) in [7, 11) is 0. The van der Waals surface area contributed by atoms with E-state index in [0.717, 1.165) is 29.1 Å². The Kier molecular flexibility index (Phi) is 5.79. The van der Waals surface area contributed by atoms with Crippen molar-refractivity contribution in [3.8, 4) is 0 Å². The Balaban J connectivity index is 1.71. The Bertz CT molecular complexity index is 840. The van der Waals surface area contributed by atoms with Crippen molar-refractivity contribution in [1.29, 1.82) is 0 Å². The Morgan fingerprint density at radius 2 is 2.11 bits per heavy atom. The molecular formula is C20H25BrN2O4. The number of amides is 2. The zero-order valence-corrected chi connectivity index (χ0v) is 17.5. The summed E-state index contributed by atoms with van der Waals surface area (Å²) in [5.41, 5.74) is 0.120. The molecular weight excluding hydrogens is 412 g/mol. The van der Waals surface area contributed by atoms with Crippen LogP contribution >= 0.6 is 15.9 Å². The van der Waals surface area contributed by atoms with Crippen molar-refractivity contribution in [1.82, 2.24) is 10.2 Å². The van der Waals surface area contributed by atoms with Gasteiger partial charge in [-0.05, 0) is 68.1 Å². The molecule has 2 heterocycles. The molecule has 1 aliphatic heterocycles. The lowest BCUT2D eigenvalue weighted by Gasteiger charge is -2.35. The summed E-state index contributed by atoms with van der Waals surface area (Å²) < 4.78 is 11.9. The molecule has 1 aliphatic rings. The number of hydrogen-bond donors (Lipinski definition) is 1. The molecule has 0 aliphatic carbocycles. The number of furan rings is 1. The zero-order chi connectivity index (χ0) is 19.6. The van der Waals surface area contributed by atoms with E-state index in [4.69, 9.17) is 9.15 Å². The third-order valence-electron chi connectivity index (χ3n) is 4.48. The first-order chi connectivity index (χ1) is 12.7. The fraction of sp³-hybridized carbons (Fsp3) is 0.500. The van der Waals surface area contributed by atoms with Crippen LogP contribution in [-0.2, 0) is 4.74 Å². The smallest absolute Gasteiger partial charge is 0.407 e. The van der Waals surface area contributed by atoms with Gasteiger partial charge in [0, 0.05) is 24.5 Å². The number of likely N-dealkylation sites (tertiary alicyclic amines) is 1. The molecule has 1 saturated heterocycles. The molecule has 146 valence electrons. The van der Waals surface area contributed by atoms with Gasteiger partial charge < -0.3 is 19.4 Å². The monoisotopic (exact) mass is 436 g/mol. The number of alkyl carbamates (subject to hydrolysis) is 1. The molecule has 0 saturated carbocycles. The first kappa shape index (κ1) is 19.7. The SMILES string of the molecule is CC(C)(C)OC(=O)NCC1CCCCN1C(=O)c1cc2cccc(Br)c2o1. The van der Waals surface area contributed by atoms with Crippen LogP contribution in [0.4, 0.5) is 4.79 Å². The van der Waals surface area contributed by atoms with Crippen LogP contribution in [0.5, 0.6) is 0 Å². The maximum absolute atomic E-state index is 13.0. The first-order valence-corrected chi connectivity index (χ1v) is 10.00. The van der Waals surface area contributed by atoms with Gasteiger partial charge in [0.15, 0.2) is 5.76 Å². The number of para-hydroxylation sites is 1. The molecule has 1 aromatic carbocycles. The third kappa shape index (κ3) is 4.83. The van der Waals surface area contributed by atoms with Crippen LogP contribution < -0.4 is 5.32 Å². The van der Waals surface area contributed by atoms with Crippen LogP contribution in [0.2, 0.25) is 0 Å². The lowest BCUT2D eigenvalue weighted by atomic mass is 10.0. The Morgan fingerprint density at radius 1 is 1.33 bits per heavy atom. The van der Waals surface area contributed by atoms with Crippen molar-refractivity contribution < 1.29 is 18.7 Å². The number of fused-ring (bicyclic) bond motifs is 1. The summed E-state index contributed by atoms with van der Waals surface area (Å²) in [6.45, 7) is 6.48. The van der Waals surface area contributed by atoms with Crippen molar-refractivity contribution in [2.75, 3.05) is 13.1 Å². The number of rotatable bonds is 3. The van der Waals surface area contributed by atoms with E-state index in [9.17, 15) is 9.59 Å².